The molecular weight excluding hydrogens is 212 g/mol. The number of nitrogens with one attached hydrogen (secondary N) is 1. The Balaban J connectivity index is 2.02. The van der Waals surface area contributed by atoms with E-state index in [-0.39, 0.29) is 0 Å². The Bertz CT molecular complexity index is 444. The summed E-state index contributed by atoms with van der Waals surface area (Å²) in [6.45, 7) is 13.5. The van der Waals surface area contributed by atoms with Crippen LogP contribution in [0.4, 0.5) is 0 Å². The zero-order valence-corrected chi connectivity index (χ0v) is 11.4. The van der Waals surface area contributed by atoms with E-state index in [1.807, 2.05) is 0 Å². The summed E-state index contributed by atoms with van der Waals surface area (Å²) in [5, 5.41) is 12.3. The van der Waals surface area contributed by atoms with Gasteiger partial charge in [0.1, 0.15) is 11.6 Å². The van der Waals surface area contributed by atoms with E-state index in [0.717, 1.165) is 18.9 Å². The highest BCUT2D eigenvalue weighted by molar-refractivity contribution is 5.28. The molecule has 3 rings (SSSR count). The minimum Gasteiger partial charge on any atom is -0.312 e. The Morgan fingerprint density at radius 1 is 1.12 bits per heavy atom. The third-order valence-corrected chi connectivity index (χ3v) is 5.26. The summed E-state index contributed by atoms with van der Waals surface area (Å²) in [6.07, 6.45) is 0. The van der Waals surface area contributed by atoms with E-state index < -0.39 is 0 Å². The molecule has 4 nitrogen and oxygen atoms in total. The summed E-state index contributed by atoms with van der Waals surface area (Å²) in [5.41, 5.74) is 0.676. The maximum atomic E-state index is 4.47. The van der Waals surface area contributed by atoms with Crippen LogP contribution >= 0.6 is 0 Å². The van der Waals surface area contributed by atoms with Crippen LogP contribution in [-0.4, -0.2) is 21.3 Å². The maximum Gasteiger partial charge on any atom is 0.149 e. The van der Waals surface area contributed by atoms with Crippen LogP contribution in [0.3, 0.4) is 0 Å². The molecule has 1 aliphatic carbocycles. The standard InChI is InChI=1S/C13H22N4/c1-8-10-15-16-11(17(10)7-6-14-8)9-12(2,3)13(9,4)5/h8-9,14H,6-7H2,1-5H3. The number of hydrogen-bond donors (Lipinski definition) is 1. The van der Waals surface area contributed by atoms with Crippen molar-refractivity contribution >= 4 is 0 Å². The average molecular weight is 234 g/mol. The number of nitrogens with zero attached hydrogens (tertiary/aromatic N) is 3. The summed E-state index contributed by atoms with van der Waals surface area (Å²) < 4.78 is 2.34. The molecule has 17 heavy (non-hydrogen) atoms. The molecule has 0 aromatic carbocycles. The van der Waals surface area contributed by atoms with Crippen LogP contribution in [0.1, 0.15) is 58.2 Å². The summed E-state index contributed by atoms with van der Waals surface area (Å²) in [5.74, 6) is 2.84. The van der Waals surface area contributed by atoms with Gasteiger partial charge in [0, 0.05) is 19.0 Å². The van der Waals surface area contributed by atoms with E-state index in [1.165, 1.54) is 5.82 Å². The first-order valence-corrected chi connectivity index (χ1v) is 6.53. The fraction of sp³-hybridized carbons (Fsp3) is 0.846. The van der Waals surface area contributed by atoms with E-state index in [1.54, 1.807) is 0 Å². The highest BCUT2D eigenvalue weighted by Gasteiger charge is 2.67. The van der Waals surface area contributed by atoms with Crippen LogP contribution in [0.15, 0.2) is 0 Å². The highest BCUT2D eigenvalue weighted by Crippen LogP contribution is 2.73. The minimum atomic E-state index is 0.329. The van der Waals surface area contributed by atoms with Gasteiger partial charge in [-0.25, -0.2) is 0 Å². The Labute approximate surface area is 103 Å². The molecule has 1 unspecified atom stereocenters. The van der Waals surface area contributed by atoms with Crippen LogP contribution in [0.5, 0.6) is 0 Å². The SMILES string of the molecule is CC1NCCn2c1nnc2C1C(C)(C)C1(C)C. The molecule has 1 atom stereocenters. The van der Waals surface area contributed by atoms with Gasteiger partial charge in [0.05, 0.1) is 6.04 Å². The third kappa shape index (κ3) is 1.27. The molecule has 1 aromatic rings. The molecule has 0 amide bonds. The molecule has 1 saturated carbocycles. The van der Waals surface area contributed by atoms with Crippen molar-refractivity contribution in [2.75, 3.05) is 6.54 Å². The molecule has 0 saturated heterocycles. The van der Waals surface area contributed by atoms with Crippen molar-refractivity contribution in [3.63, 3.8) is 0 Å². The summed E-state index contributed by atoms with van der Waals surface area (Å²) in [7, 11) is 0. The van der Waals surface area contributed by atoms with Gasteiger partial charge < -0.3 is 9.88 Å². The van der Waals surface area contributed by atoms with Gasteiger partial charge in [-0.3, -0.25) is 0 Å². The number of aromatic nitrogens is 3. The molecule has 94 valence electrons. The highest BCUT2D eigenvalue weighted by atomic mass is 15.3. The minimum absolute atomic E-state index is 0.329. The fourth-order valence-electron chi connectivity index (χ4n) is 3.42. The Morgan fingerprint density at radius 3 is 2.29 bits per heavy atom. The predicted molar refractivity (Wildman–Crippen MR) is 66.7 cm³/mol. The Morgan fingerprint density at radius 2 is 1.71 bits per heavy atom. The van der Waals surface area contributed by atoms with Crippen molar-refractivity contribution in [1.29, 1.82) is 0 Å². The third-order valence-electron chi connectivity index (χ3n) is 5.26. The van der Waals surface area contributed by atoms with Crippen molar-refractivity contribution < 1.29 is 0 Å². The Kier molecular flexibility index (Phi) is 2.05. The molecule has 1 N–H and O–H groups in total. The zero-order chi connectivity index (χ0) is 12.4. The summed E-state index contributed by atoms with van der Waals surface area (Å²) in [4.78, 5) is 0. The van der Waals surface area contributed by atoms with Crippen molar-refractivity contribution in [3.8, 4) is 0 Å². The van der Waals surface area contributed by atoms with Crippen molar-refractivity contribution in [1.82, 2.24) is 20.1 Å². The molecule has 4 heteroatoms. The normalized spacial score (nSPS) is 30.1. The predicted octanol–water partition coefficient (Wildman–Crippen LogP) is 2.09. The van der Waals surface area contributed by atoms with Crippen LogP contribution < -0.4 is 5.32 Å². The largest absolute Gasteiger partial charge is 0.312 e. The van der Waals surface area contributed by atoms with Gasteiger partial charge in [-0.15, -0.1) is 10.2 Å². The molecule has 2 aliphatic rings. The van der Waals surface area contributed by atoms with E-state index in [0.29, 0.717) is 22.8 Å². The van der Waals surface area contributed by atoms with E-state index in [2.05, 4.69) is 54.7 Å². The van der Waals surface area contributed by atoms with Crippen molar-refractivity contribution in [2.45, 2.75) is 53.1 Å². The molecule has 1 fully saturated rings. The summed E-state index contributed by atoms with van der Waals surface area (Å²) >= 11 is 0. The van der Waals surface area contributed by atoms with Crippen molar-refractivity contribution in [2.24, 2.45) is 10.8 Å². The first-order valence-electron chi connectivity index (χ1n) is 6.53. The second kappa shape index (κ2) is 3.10. The number of rotatable bonds is 1. The second-order valence-electron chi connectivity index (χ2n) is 6.62. The quantitative estimate of drug-likeness (QED) is 0.809. The second-order valence-corrected chi connectivity index (χ2v) is 6.62. The molecule has 0 bridgehead atoms. The number of hydrogen-bond acceptors (Lipinski definition) is 3. The first-order chi connectivity index (χ1) is 7.87. The van der Waals surface area contributed by atoms with Gasteiger partial charge >= 0.3 is 0 Å². The topological polar surface area (TPSA) is 42.7 Å². The lowest BCUT2D eigenvalue weighted by molar-refractivity contribution is 0.426. The molecule has 1 aliphatic heterocycles. The molecule has 0 radical (unpaired) electrons. The van der Waals surface area contributed by atoms with Crippen molar-refractivity contribution in [3.05, 3.63) is 11.6 Å². The van der Waals surface area contributed by atoms with E-state index in [4.69, 9.17) is 0 Å². The lowest BCUT2D eigenvalue weighted by atomic mass is 10.0. The van der Waals surface area contributed by atoms with Crippen LogP contribution in [0.2, 0.25) is 0 Å². The molecule has 2 heterocycles. The van der Waals surface area contributed by atoms with Gasteiger partial charge in [0.15, 0.2) is 0 Å². The van der Waals surface area contributed by atoms with Crippen LogP contribution in [0.25, 0.3) is 0 Å². The lowest BCUT2D eigenvalue weighted by Crippen LogP contribution is -2.32. The fourth-order valence-corrected chi connectivity index (χ4v) is 3.42. The lowest BCUT2D eigenvalue weighted by Gasteiger charge is -2.22. The van der Waals surface area contributed by atoms with Gasteiger partial charge in [0.2, 0.25) is 0 Å². The molecular formula is C13H22N4. The summed E-state index contributed by atoms with van der Waals surface area (Å²) in [6, 6.07) is 0.329. The van der Waals surface area contributed by atoms with Crippen LogP contribution in [-0.2, 0) is 6.54 Å². The van der Waals surface area contributed by atoms with Gasteiger partial charge in [0.25, 0.3) is 0 Å². The smallest absolute Gasteiger partial charge is 0.149 e. The van der Waals surface area contributed by atoms with Gasteiger partial charge in [-0.1, -0.05) is 27.7 Å². The van der Waals surface area contributed by atoms with Crippen LogP contribution in [0, 0.1) is 10.8 Å². The zero-order valence-electron chi connectivity index (χ0n) is 11.4. The monoisotopic (exact) mass is 234 g/mol. The van der Waals surface area contributed by atoms with Gasteiger partial charge in [-0.05, 0) is 17.8 Å². The Hall–Kier alpha value is -0.900. The molecule has 0 spiro atoms. The molecule has 1 aromatic heterocycles. The van der Waals surface area contributed by atoms with Gasteiger partial charge in [-0.2, -0.15) is 0 Å². The number of fused-ring (bicyclic) bond motifs is 1. The van der Waals surface area contributed by atoms with E-state index in [9.17, 15) is 0 Å². The first kappa shape index (κ1) is 11.2. The maximum absolute atomic E-state index is 4.47. The van der Waals surface area contributed by atoms with E-state index >= 15 is 0 Å². The average Bonchev–Trinajstić information content (AvgIpc) is 2.60.